The first-order chi connectivity index (χ1) is 11.7. The van der Waals surface area contributed by atoms with E-state index >= 15 is 0 Å². The van der Waals surface area contributed by atoms with Crippen molar-refractivity contribution in [1.29, 1.82) is 0 Å². The van der Waals surface area contributed by atoms with Crippen LogP contribution in [0.15, 0.2) is 52.0 Å². The normalized spacial score (nSPS) is 14.4. The Morgan fingerprint density at radius 1 is 1.29 bits per heavy atom. The number of rotatable bonds is 4. The standard InChI is InChI=1S/C19H17N3O2/c1-12-6-9-14(24-12)11-20-22-19(23)16-10-18(13-7-8-13)21-17-5-3-2-4-15(16)17/h2-6,9-11,13H,7-8H2,1H3,(H,22,23)/b20-11-. The van der Waals surface area contributed by atoms with Gasteiger partial charge in [0.2, 0.25) is 0 Å². The summed E-state index contributed by atoms with van der Waals surface area (Å²) >= 11 is 0. The lowest BCUT2D eigenvalue weighted by Gasteiger charge is -2.08. The number of carbonyl (C=O) groups is 1. The molecule has 0 spiro atoms. The van der Waals surface area contributed by atoms with Crippen LogP contribution in [-0.4, -0.2) is 17.1 Å². The molecule has 1 fully saturated rings. The number of fused-ring (bicyclic) bond motifs is 1. The van der Waals surface area contributed by atoms with E-state index in [1.807, 2.05) is 43.3 Å². The summed E-state index contributed by atoms with van der Waals surface area (Å²) in [7, 11) is 0. The van der Waals surface area contributed by atoms with Gasteiger partial charge in [-0.05, 0) is 44.0 Å². The maximum Gasteiger partial charge on any atom is 0.272 e. The minimum absolute atomic E-state index is 0.241. The minimum Gasteiger partial charge on any atom is -0.460 e. The quantitative estimate of drug-likeness (QED) is 0.588. The summed E-state index contributed by atoms with van der Waals surface area (Å²) in [6.45, 7) is 1.86. The van der Waals surface area contributed by atoms with Crippen LogP contribution in [0.2, 0.25) is 0 Å². The van der Waals surface area contributed by atoms with E-state index in [4.69, 9.17) is 4.42 Å². The smallest absolute Gasteiger partial charge is 0.272 e. The Morgan fingerprint density at radius 2 is 2.12 bits per heavy atom. The van der Waals surface area contributed by atoms with E-state index in [9.17, 15) is 4.79 Å². The number of furan rings is 1. The van der Waals surface area contributed by atoms with E-state index in [2.05, 4.69) is 15.5 Å². The number of aryl methyl sites for hydroxylation is 1. The highest BCUT2D eigenvalue weighted by Crippen LogP contribution is 2.40. The van der Waals surface area contributed by atoms with Crippen LogP contribution in [-0.2, 0) is 0 Å². The summed E-state index contributed by atoms with van der Waals surface area (Å²) in [5, 5.41) is 4.83. The molecule has 0 radical (unpaired) electrons. The van der Waals surface area contributed by atoms with Crippen molar-refractivity contribution in [3.63, 3.8) is 0 Å². The molecular weight excluding hydrogens is 302 g/mol. The Bertz CT molecular complexity index is 939. The van der Waals surface area contributed by atoms with Gasteiger partial charge >= 0.3 is 0 Å². The van der Waals surface area contributed by atoms with Crippen molar-refractivity contribution in [2.45, 2.75) is 25.7 Å². The first-order valence-corrected chi connectivity index (χ1v) is 8.00. The van der Waals surface area contributed by atoms with Gasteiger partial charge in [0.25, 0.3) is 5.91 Å². The van der Waals surface area contributed by atoms with Crippen LogP contribution < -0.4 is 5.43 Å². The zero-order chi connectivity index (χ0) is 16.5. The molecule has 0 saturated heterocycles. The van der Waals surface area contributed by atoms with Gasteiger partial charge in [-0.1, -0.05) is 18.2 Å². The fourth-order valence-electron chi connectivity index (χ4n) is 2.71. The van der Waals surface area contributed by atoms with Crippen LogP contribution >= 0.6 is 0 Å². The van der Waals surface area contributed by atoms with Gasteiger partial charge in [-0.25, -0.2) is 5.43 Å². The molecule has 1 N–H and O–H groups in total. The van der Waals surface area contributed by atoms with Gasteiger partial charge in [0, 0.05) is 17.0 Å². The molecule has 24 heavy (non-hydrogen) atoms. The highest BCUT2D eigenvalue weighted by atomic mass is 16.3. The summed E-state index contributed by atoms with van der Waals surface area (Å²) in [6.07, 6.45) is 3.78. The number of hydrogen-bond acceptors (Lipinski definition) is 4. The van der Waals surface area contributed by atoms with Crippen molar-refractivity contribution in [3.8, 4) is 0 Å². The molecule has 2 aromatic heterocycles. The van der Waals surface area contributed by atoms with E-state index in [1.165, 1.54) is 6.21 Å². The van der Waals surface area contributed by atoms with Gasteiger partial charge in [0.1, 0.15) is 11.5 Å². The Hall–Kier alpha value is -2.95. The van der Waals surface area contributed by atoms with Crippen molar-refractivity contribution < 1.29 is 9.21 Å². The summed E-state index contributed by atoms with van der Waals surface area (Å²) < 4.78 is 5.39. The van der Waals surface area contributed by atoms with Crippen molar-refractivity contribution in [1.82, 2.24) is 10.4 Å². The highest BCUT2D eigenvalue weighted by molar-refractivity contribution is 6.06. The first-order valence-electron chi connectivity index (χ1n) is 8.00. The van der Waals surface area contributed by atoms with Crippen molar-refractivity contribution in [3.05, 3.63) is 65.2 Å². The second-order valence-electron chi connectivity index (χ2n) is 6.03. The molecule has 2 heterocycles. The third-order valence-electron chi connectivity index (χ3n) is 4.10. The maximum absolute atomic E-state index is 12.6. The Morgan fingerprint density at radius 3 is 2.88 bits per heavy atom. The molecule has 5 heteroatoms. The molecule has 120 valence electrons. The average Bonchev–Trinajstić information content (AvgIpc) is 3.36. The Labute approximate surface area is 139 Å². The molecule has 1 aromatic carbocycles. The van der Waals surface area contributed by atoms with E-state index in [0.29, 0.717) is 17.2 Å². The van der Waals surface area contributed by atoms with Crippen molar-refractivity contribution in [2.24, 2.45) is 5.10 Å². The maximum atomic E-state index is 12.6. The van der Waals surface area contributed by atoms with Gasteiger partial charge in [-0.2, -0.15) is 5.10 Å². The monoisotopic (exact) mass is 319 g/mol. The van der Waals surface area contributed by atoms with Crippen LogP contribution in [0.5, 0.6) is 0 Å². The fraction of sp³-hybridized carbons (Fsp3) is 0.211. The van der Waals surface area contributed by atoms with Crippen LogP contribution in [0.1, 0.15) is 46.3 Å². The Balaban J connectivity index is 1.62. The van der Waals surface area contributed by atoms with E-state index in [1.54, 1.807) is 6.07 Å². The number of hydrogen-bond donors (Lipinski definition) is 1. The summed E-state index contributed by atoms with van der Waals surface area (Å²) in [5.41, 5.74) is 5.02. The van der Waals surface area contributed by atoms with Gasteiger partial charge in [-0.3, -0.25) is 9.78 Å². The number of amides is 1. The van der Waals surface area contributed by atoms with Gasteiger partial charge in [-0.15, -0.1) is 0 Å². The number of nitrogens with one attached hydrogen (secondary N) is 1. The number of aromatic nitrogens is 1. The van der Waals surface area contributed by atoms with E-state index in [-0.39, 0.29) is 5.91 Å². The van der Waals surface area contributed by atoms with Crippen molar-refractivity contribution in [2.75, 3.05) is 0 Å². The lowest BCUT2D eigenvalue weighted by molar-refractivity contribution is 0.0956. The third kappa shape index (κ3) is 2.93. The lowest BCUT2D eigenvalue weighted by atomic mass is 10.1. The van der Waals surface area contributed by atoms with Gasteiger partial charge < -0.3 is 4.42 Å². The van der Waals surface area contributed by atoms with Crippen LogP contribution in [0.25, 0.3) is 10.9 Å². The molecule has 1 aliphatic carbocycles. The number of carbonyl (C=O) groups excluding carboxylic acids is 1. The zero-order valence-electron chi connectivity index (χ0n) is 13.3. The molecule has 0 atom stereocenters. The van der Waals surface area contributed by atoms with Crippen LogP contribution in [0.4, 0.5) is 0 Å². The summed E-state index contributed by atoms with van der Waals surface area (Å²) in [4.78, 5) is 17.2. The topological polar surface area (TPSA) is 67.5 Å². The van der Waals surface area contributed by atoms with Crippen LogP contribution in [0, 0.1) is 6.92 Å². The van der Waals surface area contributed by atoms with Gasteiger partial charge in [0.05, 0.1) is 17.3 Å². The molecule has 0 bridgehead atoms. The molecular formula is C19H17N3O2. The molecule has 4 rings (SSSR count). The molecule has 5 nitrogen and oxygen atoms in total. The molecule has 1 saturated carbocycles. The predicted molar refractivity (Wildman–Crippen MR) is 92.2 cm³/mol. The SMILES string of the molecule is Cc1ccc(/C=N\NC(=O)c2cc(C3CC3)nc3ccccc23)o1. The second kappa shape index (κ2) is 5.92. The number of nitrogens with zero attached hydrogens (tertiary/aromatic N) is 2. The Kier molecular flexibility index (Phi) is 3.61. The van der Waals surface area contributed by atoms with Gasteiger partial charge in [0.15, 0.2) is 0 Å². The molecule has 1 aliphatic rings. The summed E-state index contributed by atoms with van der Waals surface area (Å²) in [5.74, 6) is 1.65. The van der Waals surface area contributed by atoms with Crippen LogP contribution in [0.3, 0.4) is 0 Å². The number of pyridine rings is 1. The summed E-state index contributed by atoms with van der Waals surface area (Å²) in [6, 6.07) is 13.2. The first kappa shape index (κ1) is 14.6. The largest absolute Gasteiger partial charge is 0.460 e. The lowest BCUT2D eigenvalue weighted by Crippen LogP contribution is -2.18. The molecule has 0 unspecified atom stereocenters. The molecule has 3 aromatic rings. The minimum atomic E-state index is -0.241. The number of hydrazone groups is 1. The van der Waals surface area contributed by atoms with E-state index in [0.717, 1.165) is 35.2 Å². The third-order valence-corrected chi connectivity index (χ3v) is 4.10. The predicted octanol–water partition coefficient (Wildman–Crippen LogP) is 3.78. The molecule has 0 aliphatic heterocycles. The highest BCUT2D eigenvalue weighted by Gasteiger charge is 2.26. The van der Waals surface area contributed by atoms with E-state index < -0.39 is 0 Å². The second-order valence-corrected chi connectivity index (χ2v) is 6.03. The fourth-order valence-corrected chi connectivity index (χ4v) is 2.71. The van der Waals surface area contributed by atoms with Crippen molar-refractivity contribution >= 4 is 23.0 Å². The zero-order valence-corrected chi connectivity index (χ0v) is 13.3. The number of benzene rings is 1. The molecule has 1 amide bonds. The number of para-hydroxylation sites is 1. The average molecular weight is 319 g/mol.